The molecule has 1 aliphatic rings. The molecule has 23 heavy (non-hydrogen) atoms. The van der Waals surface area contributed by atoms with Gasteiger partial charge in [0.1, 0.15) is 5.69 Å². The number of nitrogens with two attached hydrogens (primary N) is 1. The normalized spacial score (nSPS) is 14.1. The van der Waals surface area contributed by atoms with Gasteiger partial charge in [-0.15, -0.1) is 11.3 Å². The molecule has 3 rings (SSSR count). The van der Waals surface area contributed by atoms with Crippen LogP contribution in [0.5, 0.6) is 0 Å². The van der Waals surface area contributed by atoms with Crippen LogP contribution in [0.1, 0.15) is 39.5 Å². The zero-order chi connectivity index (χ0) is 16.6. The first-order valence-corrected chi connectivity index (χ1v) is 8.89. The lowest BCUT2D eigenvalue weighted by Gasteiger charge is -2.21. The van der Waals surface area contributed by atoms with Gasteiger partial charge in [0.25, 0.3) is 5.91 Å². The minimum absolute atomic E-state index is 0.0236. The summed E-state index contributed by atoms with van der Waals surface area (Å²) < 4.78 is 0. The zero-order valence-corrected chi connectivity index (χ0v) is 14.7. The highest BCUT2D eigenvalue weighted by Gasteiger charge is 2.34. The van der Waals surface area contributed by atoms with Crippen LogP contribution in [0.4, 0.5) is 0 Å². The molecule has 0 atom stereocenters. The fourth-order valence-corrected chi connectivity index (χ4v) is 3.67. The third-order valence-electron chi connectivity index (χ3n) is 4.32. The lowest BCUT2D eigenvalue weighted by molar-refractivity contribution is 0.0743. The summed E-state index contributed by atoms with van der Waals surface area (Å²) in [4.78, 5) is 20.4. The van der Waals surface area contributed by atoms with Crippen LogP contribution >= 0.6 is 11.3 Å². The number of hydrogen-bond donors (Lipinski definition) is 1. The van der Waals surface area contributed by atoms with Crippen molar-refractivity contribution >= 4 is 17.2 Å². The van der Waals surface area contributed by atoms with Crippen LogP contribution in [0.3, 0.4) is 0 Å². The Hall–Kier alpha value is -1.72. The molecule has 0 bridgehead atoms. The molecule has 1 fully saturated rings. The van der Waals surface area contributed by atoms with Crippen molar-refractivity contribution in [2.45, 2.75) is 39.7 Å². The van der Waals surface area contributed by atoms with E-state index in [1.165, 1.54) is 11.1 Å². The minimum Gasteiger partial charge on any atom is -0.333 e. The molecule has 1 aromatic carbocycles. The molecule has 0 radical (unpaired) electrons. The molecule has 0 spiro atoms. The van der Waals surface area contributed by atoms with Gasteiger partial charge in [-0.3, -0.25) is 4.79 Å². The molecule has 4 nitrogen and oxygen atoms in total. The van der Waals surface area contributed by atoms with Gasteiger partial charge in [-0.25, -0.2) is 4.98 Å². The van der Waals surface area contributed by atoms with Crippen LogP contribution < -0.4 is 5.73 Å². The Balaban J connectivity index is 1.99. The van der Waals surface area contributed by atoms with Gasteiger partial charge in [0.2, 0.25) is 0 Å². The average Bonchev–Trinajstić information content (AvgIpc) is 3.28. The van der Waals surface area contributed by atoms with E-state index in [0.717, 1.165) is 28.3 Å². The Kier molecular flexibility index (Phi) is 4.50. The van der Waals surface area contributed by atoms with Crippen LogP contribution in [0.15, 0.2) is 18.2 Å². The maximum Gasteiger partial charge on any atom is 0.274 e. The molecule has 122 valence electrons. The fraction of sp³-hybridized carbons (Fsp3) is 0.444. The topological polar surface area (TPSA) is 59.2 Å². The van der Waals surface area contributed by atoms with E-state index >= 15 is 0 Å². The molecule has 2 N–H and O–H groups in total. The minimum atomic E-state index is 0.0236. The molecule has 1 saturated carbocycles. The van der Waals surface area contributed by atoms with Gasteiger partial charge in [-0.2, -0.15) is 0 Å². The molecule has 1 heterocycles. The number of benzene rings is 1. The standard InChI is InChI=1S/C18H23N3OS/c1-11-4-5-14(10-12(11)2)17-16(20-13(3)23-17)18(22)21(9-8-19)15-6-7-15/h4-5,10,15H,6-9,19H2,1-3H3. The number of carbonyl (C=O) groups is 1. The van der Waals surface area contributed by atoms with E-state index in [1.54, 1.807) is 11.3 Å². The van der Waals surface area contributed by atoms with E-state index in [9.17, 15) is 4.79 Å². The van der Waals surface area contributed by atoms with E-state index in [0.29, 0.717) is 24.8 Å². The number of hydrogen-bond acceptors (Lipinski definition) is 4. The Labute approximate surface area is 141 Å². The summed E-state index contributed by atoms with van der Waals surface area (Å²) in [6.45, 7) is 7.24. The van der Waals surface area contributed by atoms with Gasteiger partial charge < -0.3 is 10.6 Å². The van der Waals surface area contributed by atoms with Crippen LogP contribution in [-0.4, -0.2) is 34.9 Å². The molecular formula is C18H23N3OS. The average molecular weight is 329 g/mol. The Morgan fingerprint density at radius 1 is 1.30 bits per heavy atom. The highest BCUT2D eigenvalue weighted by molar-refractivity contribution is 7.15. The van der Waals surface area contributed by atoms with Crippen molar-refractivity contribution in [1.82, 2.24) is 9.88 Å². The van der Waals surface area contributed by atoms with Crippen LogP contribution in [0.2, 0.25) is 0 Å². The smallest absolute Gasteiger partial charge is 0.274 e. The second-order valence-corrected chi connectivity index (χ2v) is 7.43. The number of nitrogens with zero attached hydrogens (tertiary/aromatic N) is 2. The van der Waals surface area contributed by atoms with E-state index in [4.69, 9.17) is 5.73 Å². The second kappa shape index (κ2) is 6.42. The Morgan fingerprint density at radius 2 is 2.04 bits per heavy atom. The molecule has 2 aromatic rings. The van der Waals surface area contributed by atoms with E-state index < -0.39 is 0 Å². The molecule has 5 heteroatoms. The highest BCUT2D eigenvalue weighted by atomic mass is 32.1. The molecule has 1 aliphatic carbocycles. The first-order valence-electron chi connectivity index (χ1n) is 8.07. The summed E-state index contributed by atoms with van der Waals surface area (Å²) in [7, 11) is 0. The van der Waals surface area contributed by atoms with E-state index in [2.05, 4.69) is 37.0 Å². The number of aryl methyl sites for hydroxylation is 3. The quantitative estimate of drug-likeness (QED) is 0.915. The largest absolute Gasteiger partial charge is 0.333 e. The number of thiazole rings is 1. The maximum atomic E-state index is 13.0. The molecule has 0 aliphatic heterocycles. The van der Waals surface area contributed by atoms with Crippen molar-refractivity contribution in [2.24, 2.45) is 5.73 Å². The number of aromatic nitrogens is 1. The van der Waals surface area contributed by atoms with Gasteiger partial charge in [0.15, 0.2) is 0 Å². The van der Waals surface area contributed by atoms with Crippen molar-refractivity contribution in [3.05, 3.63) is 40.0 Å². The van der Waals surface area contributed by atoms with Crippen LogP contribution in [0.25, 0.3) is 10.4 Å². The second-order valence-electron chi connectivity index (χ2n) is 6.23. The summed E-state index contributed by atoms with van der Waals surface area (Å²) in [6.07, 6.45) is 2.15. The van der Waals surface area contributed by atoms with Crippen molar-refractivity contribution in [3.63, 3.8) is 0 Å². The van der Waals surface area contributed by atoms with Gasteiger partial charge in [-0.1, -0.05) is 18.2 Å². The van der Waals surface area contributed by atoms with Crippen molar-refractivity contribution in [2.75, 3.05) is 13.1 Å². The summed E-state index contributed by atoms with van der Waals surface area (Å²) in [6, 6.07) is 6.67. The van der Waals surface area contributed by atoms with Crippen molar-refractivity contribution in [3.8, 4) is 10.4 Å². The van der Waals surface area contributed by atoms with Gasteiger partial charge in [0.05, 0.1) is 9.88 Å². The predicted octanol–water partition coefficient (Wildman–Crippen LogP) is 3.30. The zero-order valence-electron chi connectivity index (χ0n) is 13.9. The van der Waals surface area contributed by atoms with E-state index in [1.807, 2.05) is 11.8 Å². The van der Waals surface area contributed by atoms with Gasteiger partial charge in [0, 0.05) is 19.1 Å². The SMILES string of the molecule is Cc1nc(C(=O)N(CCN)C2CC2)c(-c2ccc(C)c(C)c2)s1. The van der Waals surface area contributed by atoms with Crippen LogP contribution in [0, 0.1) is 20.8 Å². The first-order chi connectivity index (χ1) is 11.0. The lowest BCUT2D eigenvalue weighted by Crippen LogP contribution is -2.37. The summed E-state index contributed by atoms with van der Waals surface area (Å²) in [5.74, 6) is 0.0236. The molecule has 0 unspecified atom stereocenters. The Morgan fingerprint density at radius 3 is 2.65 bits per heavy atom. The van der Waals surface area contributed by atoms with E-state index in [-0.39, 0.29) is 5.91 Å². The predicted molar refractivity (Wildman–Crippen MR) is 94.9 cm³/mol. The summed E-state index contributed by atoms with van der Waals surface area (Å²) >= 11 is 1.59. The van der Waals surface area contributed by atoms with Crippen LogP contribution in [-0.2, 0) is 0 Å². The molecule has 1 amide bonds. The van der Waals surface area contributed by atoms with Gasteiger partial charge in [-0.05, 0) is 50.3 Å². The number of carbonyl (C=O) groups excluding carboxylic acids is 1. The Bertz CT molecular complexity index is 734. The monoisotopic (exact) mass is 329 g/mol. The highest BCUT2D eigenvalue weighted by Crippen LogP contribution is 2.34. The van der Waals surface area contributed by atoms with Crippen molar-refractivity contribution in [1.29, 1.82) is 0 Å². The summed E-state index contributed by atoms with van der Waals surface area (Å²) in [5.41, 5.74) is 9.83. The van der Waals surface area contributed by atoms with Crippen molar-refractivity contribution < 1.29 is 4.79 Å². The molecule has 1 aromatic heterocycles. The lowest BCUT2D eigenvalue weighted by atomic mass is 10.0. The third kappa shape index (κ3) is 3.31. The van der Waals surface area contributed by atoms with Gasteiger partial charge >= 0.3 is 0 Å². The summed E-state index contributed by atoms with van der Waals surface area (Å²) in [5, 5.41) is 0.921. The number of rotatable bonds is 5. The number of amides is 1. The molecule has 0 saturated heterocycles. The molecular weight excluding hydrogens is 306 g/mol. The third-order valence-corrected chi connectivity index (χ3v) is 5.34. The fourth-order valence-electron chi connectivity index (χ4n) is 2.76. The maximum absolute atomic E-state index is 13.0. The first kappa shape index (κ1) is 16.1.